The van der Waals surface area contributed by atoms with E-state index in [2.05, 4.69) is 5.32 Å². The normalized spacial score (nSPS) is 17.2. The Labute approximate surface area is 150 Å². The van der Waals surface area contributed by atoms with Gasteiger partial charge in [-0.05, 0) is 61.4 Å². The second kappa shape index (κ2) is 7.66. The number of carbonyl (C=O) groups is 2. The molecule has 6 heteroatoms. The first-order valence-electron chi connectivity index (χ1n) is 8.14. The van der Waals surface area contributed by atoms with Crippen LogP contribution in [-0.4, -0.2) is 29.8 Å². The molecule has 1 fully saturated rings. The average molecular weight is 361 g/mol. The van der Waals surface area contributed by atoms with E-state index >= 15 is 0 Å². The standard InChI is InChI=1S/C19H18ClFN2O2/c20-15-5-9-17(10-6-15)22-18(24)14-2-1-11-23(12-14)19(25)13-3-7-16(21)8-4-13/h3-10,14H,1-2,11-12H2,(H,22,24). The van der Waals surface area contributed by atoms with Crippen LogP contribution in [0.1, 0.15) is 23.2 Å². The van der Waals surface area contributed by atoms with Crippen LogP contribution >= 0.6 is 11.6 Å². The first kappa shape index (κ1) is 17.4. The quantitative estimate of drug-likeness (QED) is 0.900. The third kappa shape index (κ3) is 4.37. The number of benzene rings is 2. The van der Waals surface area contributed by atoms with E-state index in [4.69, 9.17) is 11.6 Å². The lowest BCUT2D eigenvalue weighted by Gasteiger charge is -2.32. The van der Waals surface area contributed by atoms with Crippen molar-refractivity contribution in [3.8, 4) is 0 Å². The Kier molecular flexibility index (Phi) is 5.34. The van der Waals surface area contributed by atoms with Crippen LogP contribution in [0.15, 0.2) is 48.5 Å². The number of rotatable bonds is 3. The summed E-state index contributed by atoms with van der Waals surface area (Å²) in [7, 11) is 0. The van der Waals surface area contributed by atoms with Crippen LogP contribution in [0, 0.1) is 11.7 Å². The third-order valence-corrected chi connectivity index (χ3v) is 4.53. The van der Waals surface area contributed by atoms with Gasteiger partial charge < -0.3 is 10.2 Å². The van der Waals surface area contributed by atoms with E-state index < -0.39 is 0 Å². The second-order valence-corrected chi connectivity index (χ2v) is 6.53. The Balaban J connectivity index is 1.63. The van der Waals surface area contributed by atoms with Gasteiger partial charge in [-0.3, -0.25) is 9.59 Å². The van der Waals surface area contributed by atoms with Gasteiger partial charge in [-0.2, -0.15) is 0 Å². The highest BCUT2D eigenvalue weighted by molar-refractivity contribution is 6.30. The first-order chi connectivity index (χ1) is 12.0. The molecule has 0 bridgehead atoms. The van der Waals surface area contributed by atoms with Gasteiger partial charge in [0.25, 0.3) is 5.91 Å². The summed E-state index contributed by atoms with van der Waals surface area (Å²) < 4.78 is 13.0. The molecule has 2 aromatic carbocycles. The number of hydrogen-bond acceptors (Lipinski definition) is 2. The van der Waals surface area contributed by atoms with Crippen LogP contribution in [0.5, 0.6) is 0 Å². The fourth-order valence-corrected chi connectivity index (χ4v) is 3.05. The number of nitrogens with zero attached hydrogens (tertiary/aromatic N) is 1. The van der Waals surface area contributed by atoms with Gasteiger partial charge >= 0.3 is 0 Å². The largest absolute Gasteiger partial charge is 0.338 e. The molecule has 1 saturated heterocycles. The molecule has 2 amide bonds. The number of nitrogens with one attached hydrogen (secondary N) is 1. The zero-order valence-electron chi connectivity index (χ0n) is 13.5. The minimum Gasteiger partial charge on any atom is -0.338 e. The fourth-order valence-electron chi connectivity index (χ4n) is 2.93. The first-order valence-corrected chi connectivity index (χ1v) is 8.52. The van der Waals surface area contributed by atoms with Gasteiger partial charge in [0.05, 0.1) is 5.92 Å². The summed E-state index contributed by atoms with van der Waals surface area (Å²) in [5, 5.41) is 3.46. The number of hydrogen-bond donors (Lipinski definition) is 1. The van der Waals surface area contributed by atoms with E-state index in [0.717, 1.165) is 12.8 Å². The van der Waals surface area contributed by atoms with Crippen molar-refractivity contribution >= 4 is 29.1 Å². The van der Waals surface area contributed by atoms with Crippen molar-refractivity contribution in [1.29, 1.82) is 0 Å². The molecule has 25 heavy (non-hydrogen) atoms. The molecule has 0 saturated carbocycles. The minimum absolute atomic E-state index is 0.112. The van der Waals surface area contributed by atoms with Crippen molar-refractivity contribution in [3.63, 3.8) is 0 Å². The average Bonchev–Trinajstić information content (AvgIpc) is 2.64. The monoisotopic (exact) mass is 360 g/mol. The van der Waals surface area contributed by atoms with Crippen molar-refractivity contribution in [2.45, 2.75) is 12.8 Å². The van der Waals surface area contributed by atoms with Crippen LogP contribution in [0.2, 0.25) is 5.02 Å². The van der Waals surface area contributed by atoms with Gasteiger partial charge in [0.15, 0.2) is 0 Å². The predicted octanol–water partition coefficient (Wildman–Crippen LogP) is 3.97. The van der Waals surface area contributed by atoms with Crippen LogP contribution in [0.3, 0.4) is 0 Å². The highest BCUT2D eigenvalue weighted by Crippen LogP contribution is 2.21. The molecule has 1 unspecified atom stereocenters. The van der Waals surface area contributed by atoms with E-state index in [1.807, 2.05) is 0 Å². The van der Waals surface area contributed by atoms with E-state index in [9.17, 15) is 14.0 Å². The third-order valence-electron chi connectivity index (χ3n) is 4.28. The smallest absolute Gasteiger partial charge is 0.253 e. The van der Waals surface area contributed by atoms with Gasteiger partial charge in [0.2, 0.25) is 5.91 Å². The van der Waals surface area contributed by atoms with Crippen LogP contribution in [0.25, 0.3) is 0 Å². The molecule has 130 valence electrons. The zero-order chi connectivity index (χ0) is 17.8. The molecule has 2 aromatic rings. The zero-order valence-corrected chi connectivity index (χ0v) is 14.3. The molecule has 4 nitrogen and oxygen atoms in total. The molecule has 0 spiro atoms. The lowest BCUT2D eigenvalue weighted by atomic mass is 9.96. The Morgan fingerprint density at radius 3 is 2.44 bits per heavy atom. The molecule has 1 atom stereocenters. The summed E-state index contributed by atoms with van der Waals surface area (Å²) in [6.45, 7) is 0.955. The molecule has 0 radical (unpaired) electrons. The summed E-state index contributed by atoms with van der Waals surface area (Å²) >= 11 is 5.84. The highest BCUT2D eigenvalue weighted by atomic mass is 35.5. The van der Waals surface area contributed by atoms with Crippen LogP contribution in [-0.2, 0) is 4.79 Å². The molecule has 1 N–H and O–H groups in total. The number of anilines is 1. The Hall–Kier alpha value is -2.40. The van der Waals surface area contributed by atoms with E-state index in [-0.39, 0.29) is 23.5 Å². The maximum atomic E-state index is 13.0. The number of halogens is 2. The topological polar surface area (TPSA) is 49.4 Å². The van der Waals surface area contributed by atoms with Crippen LogP contribution in [0.4, 0.5) is 10.1 Å². The van der Waals surface area contributed by atoms with Gasteiger partial charge in [0.1, 0.15) is 5.82 Å². The van der Waals surface area contributed by atoms with E-state index in [1.165, 1.54) is 24.3 Å². The Bertz CT molecular complexity index is 762. The molecule has 1 heterocycles. The molecular weight excluding hydrogens is 343 g/mol. The van der Waals surface area contributed by atoms with Crippen molar-refractivity contribution in [3.05, 3.63) is 64.9 Å². The lowest BCUT2D eigenvalue weighted by Crippen LogP contribution is -2.43. The number of amides is 2. The maximum absolute atomic E-state index is 13.0. The number of piperidine rings is 1. The van der Waals surface area contributed by atoms with Gasteiger partial charge in [-0.25, -0.2) is 4.39 Å². The second-order valence-electron chi connectivity index (χ2n) is 6.09. The van der Waals surface area contributed by atoms with Gasteiger partial charge in [-0.15, -0.1) is 0 Å². The SMILES string of the molecule is O=C(Nc1ccc(Cl)cc1)C1CCCN(C(=O)c2ccc(F)cc2)C1. The summed E-state index contributed by atoms with van der Waals surface area (Å²) in [6, 6.07) is 12.4. The maximum Gasteiger partial charge on any atom is 0.253 e. The summed E-state index contributed by atoms with van der Waals surface area (Å²) in [6.07, 6.45) is 1.48. The molecule has 0 aliphatic carbocycles. The molecule has 1 aliphatic heterocycles. The van der Waals surface area contributed by atoms with Gasteiger partial charge in [-0.1, -0.05) is 11.6 Å². The molecule has 3 rings (SSSR count). The number of carbonyl (C=O) groups excluding carboxylic acids is 2. The molecular formula is C19H18ClFN2O2. The predicted molar refractivity (Wildman–Crippen MR) is 95.1 cm³/mol. The summed E-state index contributed by atoms with van der Waals surface area (Å²) in [4.78, 5) is 26.7. The Morgan fingerprint density at radius 2 is 1.76 bits per heavy atom. The van der Waals surface area contributed by atoms with Crippen molar-refractivity contribution < 1.29 is 14.0 Å². The highest BCUT2D eigenvalue weighted by Gasteiger charge is 2.29. The van der Waals surface area contributed by atoms with Crippen molar-refractivity contribution in [2.24, 2.45) is 5.92 Å². The molecule has 1 aliphatic rings. The summed E-state index contributed by atoms with van der Waals surface area (Å²) in [5.41, 5.74) is 1.11. The van der Waals surface area contributed by atoms with E-state index in [0.29, 0.717) is 29.4 Å². The van der Waals surface area contributed by atoms with Gasteiger partial charge in [0, 0.05) is 29.4 Å². The molecule has 0 aromatic heterocycles. The minimum atomic E-state index is -0.379. The number of likely N-dealkylation sites (tertiary alicyclic amines) is 1. The lowest BCUT2D eigenvalue weighted by molar-refractivity contribution is -0.121. The van der Waals surface area contributed by atoms with Crippen LogP contribution < -0.4 is 5.32 Å². The fraction of sp³-hybridized carbons (Fsp3) is 0.263. The van der Waals surface area contributed by atoms with Crippen molar-refractivity contribution in [2.75, 3.05) is 18.4 Å². The summed E-state index contributed by atoms with van der Waals surface area (Å²) in [5.74, 6) is -0.938. The van der Waals surface area contributed by atoms with Crippen molar-refractivity contribution in [1.82, 2.24) is 4.90 Å². The Morgan fingerprint density at radius 1 is 1.08 bits per heavy atom. The van der Waals surface area contributed by atoms with E-state index in [1.54, 1.807) is 29.2 Å².